The van der Waals surface area contributed by atoms with E-state index in [0.29, 0.717) is 11.6 Å². The second-order valence-electron chi connectivity index (χ2n) is 3.62. The molecule has 0 spiro atoms. The first-order valence-corrected chi connectivity index (χ1v) is 5.37. The minimum atomic E-state index is -0.488. The average Bonchev–Trinajstić information content (AvgIpc) is 2.38. The van der Waals surface area contributed by atoms with Crippen LogP contribution in [0.4, 0.5) is 10.1 Å². The number of para-hydroxylation sites is 1. The molecule has 5 heteroatoms. The molecule has 1 aromatic carbocycles. The van der Waals surface area contributed by atoms with Crippen LogP contribution in [0.25, 0.3) is 0 Å². The Morgan fingerprint density at radius 2 is 2.00 bits per heavy atom. The van der Waals surface area contributed by atoms with E-state index in [1.165, 1.54) is 19.2 Å². The second-order valence-corrected chi connectivity index (χ2v) is 3.62. The summed E-state index contributed by atoms with van der Waals surface area (Å²) in [7, 11) is 1.53. The number of nitrogens with zero attached hydrogens (tertiary/aromatic N) is 1. The Kier molecular flexibility index (Phi) is 3.62. The van der Waals surface area contributed by atoms with E-state index in [1.54, 1.807) is 24.3 Å². The van der Waals surface area contributed by atoms with Crippen LogP contribution in [0.3, 0.4) is 0 Å². The maximum atomic E-state index is 13.4. The molecular weight excluding hydrogens is 235 g/mol. The van der Waals surface area contributed by atoms with E-state index >= 15 is 0 Å². The van der Waals surface area contributed by atoms with Crippen LogP contribution in [-0.2, 0) is 6.61 Å². The van der Waals surface area contributed by atoms with Crippen LogP contribution in [0.15, 0.2) is 36.4 Å². The zero-order valence-electron chi connectivity index (χ0n) is 9.89. The van der Waals surface area contributed by atoms with Gasteiger partial charge in [-0.05, 0) is 18.2 Å². The second kappa shape index (κ2) is 5.35. The molecule has 0 saturated heterocycles. The van der Waals surface area contributed by atoms with E-state index in [2.05, 4.69) is 4.98 Å². The third-order valence-corrected chi connectivity index (χ3v) is 2.35. The summed E-state index contributed by atoms with van der Waals surface area (Å²) in [6, 6.07) is 9.68. The van der Waals surface area contributed by atoms with Crippen molar-refractivity contribution in [2.75, 3.05) is 12.8 Å². The van der Waals surface area contributed by atoms with E-state index in [0.717, 1.165) is 0 Å². The number of methoxy groups -OCH3 is 1. The molecule has 1 aromatic heterocycles. The van der Waals surface area contributed by atoms with Crippen LogP contribution < -0.4 is 15.2 Å². The standard InChI is InChI=1S/C13H13FN2O2/c1-17-12-7-2-4-9(16-12)8-18-13-10(14)5-3-6-11(13)15/h2-7H,8,15H2,1H3. The molecule has 0 radical (unpaired) electrons. The van der Waals surface area contributed by atoms with Gasteiger partial charge in [0.25, 0.3) is 0 Å². The monoisotopic (exact) mass is 248 g/mol. The molecule has 18 heavy (non-hydrogen) atoms. The minimum Gasteiger partial charge on any atom is -0.482 e. The third-order valence-electron chi connectivity index (χ3n) is 2.35. The van der Waals surface area contributed by atoms with Gasteiger partial charge in [-0.25, -0.2) is 9.37 Å². The van der Waals surface area contributed by atoms with Gasteiger partial charge in [0.2, 0.25) is 5.88 Å². The quantitative estimate of drug-likeness (QED) is 0.844. The summed E-state index contributed by atoms with van der Waals surface area (Å²) in [5, 5.41) is 0. The first-order chi connectivity index (χ1) is 8.70. The fraction of sp³-hybridized carbons (Fsp3) is 0.154. The Labute approximate surface area is 104 Å². The first kappa shape index (κ1) is 12.2. The molecule has 1 heterocycles. The van der Waals surface area contributed by atoms with Gasteiger partial charge in [0.15, 0.2) is 11.6 Å². The number of rotatable bonds is 4. The smallest absolute Gasteiger partial charge is 0.213 e. The molecule has 0 fully saturated rings. The predicted molar refractivity (Wildman–Crippen MR) is 65.9 cm³/mol. The molecule has 0 saturated carbocycles. The van der Waals surface area contributed by atoms with E-state index in [9.17, 15) is 4.39 Å². The molecule has 0 amide bonds. The van der Waals surface area contributed by atoms with Gasteiger partial charge in [-0.3, -0.25) is 0 Å². The number of nitrogens with two attached hydrogens (primary N) is 1. The summed E-state index contributed by atoms with van der Waals surface area (Å²) in [4.78, 5) is 4.16. The molecule has 2 rings (SSSR count). The van der Waals surface area contributed by atoms with Crippen molar-refractivity contribution >= 4 is 5.69 Å². The predicted octanol–water partition coefficient (Wildman–Crippen LogP) is 2.39. The van der Waals surface area contributed by atoms with E-state index in [4.69, 9.17) is 15.2 Å². The Hall–Kier alpha value is -2.30. The highest BCUT2D eigenvalue weighted by Gasteiger charge is 2.08. The largest absolute Gasteiger partial charge is 0.482 e. The third kappa shape index (κ3) is 2.68. The number of hydrogen-bond acceptors (Lipinski definition) is 4. The van der Waals surface area contributed by atoms with Crippen molar-refractivity contribution < 1.29 is 13.9 Å². The highest BCUT2D eigenvalue weighted by atomic mass is 19.1. The van der Waals surface area contributed by atoms with Crippen molar-refractivity contribution in [1.82, 2.24) is 4.98 Å². The fourth-order valence-electron chi connectivity index (χ4n) is 1.48. The number of hydrogen-bond donors (Lipinski definition) is 1. The van der Waals surface area contributed by atoms with E-state index in [1.807, 2.05) is 0 Å². The number of nitrogen functional groups attached to an aromatic ring is 1. The van der Waals surface area contributed by atoms with Crippen LogP contribution in [-0.4, -0.2) is 12.1 Å². The molecule has 4 nitrogen and oxygen atoms in total. The molecule has 0 unspecified atom stereocenters. The van der Waals surface area contributed by atoms with Crippen molar-refractivity contribution in [3.05, 3.63) is 47.9 Å². The molecule has 2 N–H and O–H groups in total. The number of halogens is 1. The summed E-state index contributed by atoms with van der Waals surface area (Å²) in [6.45, 7) is 0.127. The van der Waals surface area contributed by atoms with Crippen LogP contribution in [0.5, 0.6) is 11.6 Å². The van der Waals surface area contributed by atoms with Crippen molar-refractivity contribution in [3.63, 3.8) is 0 Å². The molecule has 0 atom stereocenters. The summed E-state index contributed by atoms with van der Waals surface area (Å²) in [6.07, 6.45) is 0. The zero-order chi connectivity index (χ0) is 13.0. The lowest BCUT2D eigenvalue weighted by molar-refractivity contribution is 0.285. The molecule has 94 valence electrons. The Morgan fingerprint density at radius 1 is 1.22 bits per heavy atom. The van der Waals surface area contributed by atoms with Gasteiger partial charge < -0.3 is 15.2 Å². The topological polar surface area (TPSA) is 57.4 Å². The average molecular weight is 248 g/mol. The lowest BCUT2D eigenvalue weighted by Crippen LogP contribution is -2.03. The highest BCUT2D eigenvalue weighted by molar-refractivity contribution is 5.52. The number of ether oxygens (including phenoxy) is 2. The van der Waals surface area contributed by atoms with Gasteiger partial charge >= 0.3 is 0 Å². The Balaban J connectivity index is 2.11. The molecule has 0 aliphatic rings. The summed E-state index contributed by atoms with van der Waals surface area (Å²) >= 11 is 0. The molecular formula is C13H13FN2O2. The number of benzene rings is 1. The van der Waals surface area contributed by atoms with Crippen LogP contribution >= 0.6 is 0 Å². The molecule has 2 aromatic rings. The van der Waals surface area contributed by atoms with Crippen molar-refractivity contribution in [3.8, 4) is 11.6 Å². The molecule has 0 aliphatic heterocycles. The normalized spacial score (nSPS) is 10.1. The fourth-order valence-corrected chi connectivity index (χ4v) is 1.48. The van der Waals surface area contributed by atoms with E-state index in [-0.39, 0.29) is 18.0 Å². The number of pyridine rings is 1. The Bertz CT molecular complexity index is 526. The van der Waals surface area contributed by atoms with Crippen LogP contribution in [0.2, 0.25) is 0 Å². The molecule has 0 bridgehead atoms. The summed E-state index contributed by atoms with van der Waals surface area (Å²) < 4.78 is 23.8. The number of anilines is 1. The SMILES string of the molecule is COc1cccc(COc2c(N)cccc2F)n1. The van der Waals surface area contributed by atoms with Gasteiger partial charge in [0, 0.05) is 6.07 Å². The maximum Gasteiger partial charge on any atom is 0.213 e. The van der Waals surface area contributed by atoms with Gasteiger partial charge in [0.1, 0.15) is 6.61 Å². The van der Waals surface area contributed by atoms with E-state index < -0.39 is 5.82 Å². The van der Waals surface area contributed by atoms with Crippen molar-refractivity contribution in [2.45, 2.75) is 6.61 Å². The molecule has 0 aliphatic carbocycles. The van der Waals surface area contributed by atoms with Crippen molar-refractivity contribution in [2.24, 2.45) is 0 Å². The van der Waals surface area contributed by atoms with Gasteiger partial charge in [-0.1, -0.05) is 12.1 Å². The summed E-state index contributed by atoms with van der Waals surface area (Å²) in [5.74, 6) is 0.0395. The first-order valence-electron chi connectivity index (χ1n) is 5.37. The van der Waals surface area contributed by atoms with Gasteiger partial charge in [-0.2, -0.15) is 0 Å². The zero-order valence-corrected chi connectivity index (χ0v) is 9.89. The van der Waals surface area contributed by atoms with Crippen molar-refractivity contribution in [1.29, 1.82) is 0 Å². The minimum absolute atomic E-state index is 0.0436. The lowest BCUT2D eigenvalue weighted by Gasteiger charge is -2.09. The van der Waals surface area contributed by atoms with Gasteiger partial charge in [0.05, 0.1) is 18.5 Å². The van der Waals surface area contributed by atoms with Crippen LogP contribution in [0, 0.1) is 5.82 Å². The Morgan fingerprint density at radius 3 is 2.72 bits per heavy atom. The lowest BCUT2D eigenvalue weighted by atomic mass is 10.3. The van der Waals surface area contributed by atoms with Crippen LogP contribution in [0.1, 0.15) is 5.69 Å². The maximum absolute atomic E-state index is 13.4. The summed E-state index contributed by atoms with van der Waals surface area (Å²) in [5.41, 5.74) is 6.53. The number of aromatic nitrogens is 1. The van der Waals surface area contributed by atoms with Gasteiger partial charge in [-0.15, -0.1) is 0 Å². The highest BCUT2D eigenvalue weighted by Crippen LogP contribution is 2.25.